The number of Topliss-reactive ketones (excluding diaryl/α,β-unsaturated/α-hetero) is 1. The van der Waals surface area contributed by atoms with Gasteiger partial charge in [0.05, 0.1) is 11.6 Å². The molecule has 1 unspecified atom stereocenters. The summed E-state index contributed by atoms with van der Waals surface area (Å²) < 4.78 is 10.8. The summed E-state index contributed by atoms with van der Waals surface area (Å²) in [5.41, 5.74) is 2.41. The molecule has 1 N–H and O–H groups in total. The van der Waals surface area contributed by atoms with Crippen LogP contribution < -0.4 is 9.47 Å². The average molecular weight is 479 g/mol. The minimum atomic E-state index is -0.676. The van der Waals surface area contributed by atoms with Gasteiger partial charge in [0.25, 0.3) is 11.7 Å². The highest BCUT2D eigenvalue weighted by Crippen LogP contribution is 2.41. The van der Waals surface area contributed by atoms with E-state index in [0.717, 1.165) is 24.2 Å². The number of benzene rings is 2. The van der Waals surface area contributed by atoms with Gasteiger partial charge < -0.3 is 24.4 Å². The van der Waals surface area contributed by atoms with E-state index in [1.54, 1.807) is 23.1 Å². The van der Waals surface area contributed by atoms with Crippen molar-refractivity contribution in [3.63, 3.8) is 0 Å². The van der Waals surface area contributed by atoms with Gasteiger partial charge in [0.2, 0.25) is 6.79 Å². The zero-order chi connectivity index (χ0) is 25.3. The van der Waals surface area contributed by atoms with Gasteiger partial charge in [-0.3, -0.25) is 9.59 Å². The minimum absolute atomic E-state index is 0.0322. The van der Waals surface area contributed by atoms with E-state index in [9.17, 15) is 14.7 Å². The molecule has 0 radical (unpaired) electrons. The number of amides is 1. The smallest absolute Gasteiger partial charge is 0.295 e. The lowest BCUT2D eigenvalue weighted by molar-refractivity contribution is -0.140. The summed E-state index contributed by atoms with van der Waals surface area (Å²) in [5.74, 6) is -0.405. The zero-order valence-corrected chi connectivity index (χ0v) is 21.1. The number of rotatable bonds is 7. The van der Waals surface area contributed by atoms with Gasteiger partial charge in [0.1, 0.15) is 5.76 Å². The zero-order valence-electron chi connectivity index (χ0n) is 21.1. The van der Waals surface area contributed by atoms with Crippen LogP contribution in [-0.4, -0.2) is 59.6 Å². The number of likely N-dealkylation sites (N-methyl/N-ethyl adjacent to an activating group) is 1. The molecule has 2 aliphatic heterocycles. The van der Waals surface area contributed by atoms with Crippen molar-refractivity contribution in [1.82, 2.24) is 9.80 Å². The number of ketones is 1. The van der Waals surface area contributed by atoms with Crippen LogP contribution in [0.15, 0.2) is 48.0 Å². The van der Waals surface area contributed by atoms with Crippen molar-refractivity contribution < 1.29 is 24.2 Å². The van der Waals surface area contributed by atoms with Crippen LogP contribution in [0.1, 0.15) is 57.4 Å². The molecule has 1 saturated heterocycles. The molecule has 186 valence electrons. The van der Waals surface area contributed by atoms with Crippen LogP contribution in [0.25, 0.3) is 5.76 Å². The lowest BCUT2D eigenvalue weighted by Crippen LogP contribution is -2.38. The Hall–Kier alpha value is -3.32. The van der Waals surface area contributed by atoms with Crippen molar-refractivity contribution >= 4 is 17.4 Å². The van der Waals surface area contributed by atoms with Crippen molar-refractivity contribution in [3.8, 4) is 11.5 Å². The van der Waals surface area contributed by atoms with Gasteiger partial charge in [-0.25, -0.2) is 0 Å². The monoisotopic (exact) mass is 478 g/mol. The van der Waals surface area contributed by atoms with Gasteiger partial charge in [0.15, 0.2) is 11.5 Å². The van der Waals surface area contributed by atoms with E-state index in [1.807, 2.05) is 24.3 Å². The van der Waals surface area contributed by atoms with Crippen molar-refractivity contribution in [1.29, 1.82) is 0 Å². The number of carbonyl (C=O) groups excluding carboxylic acids is 2. The second kappa shape index (κ2) is 9.74. The third-order valence-corrected chi connectivity index (χ3v) is 6.83. The van der Waals surface area contributed by atoms with Gasteiger partial charge in [0, 0.05) is 18.7 Å². The SMILES string of the molecule is CCN(CC)CCN1C(=O)C(=O)/C(=C(\O)c2ccc3c(c2)OCO3)C1c1ccc(C(C)(C)C)cc1. The molecule has 2 heterocycles. The molecule has 1 atom stereocenters. The van der Waals surface area contributed by atoms with Crippen LogP contribution in [-0.2, 0) is 15.0 Å². The maximum Gasteiger partial charge on any atom is 0.295 e. The molecule has 0 spiro atoms. The summed E-state index contributed by atoms with van der Waals surface area (Å²) in [6.45, 7) is 13.4. The first-order valence-electron chi connectivity index (χ1n) is 12.2. The largest absolute Gasteiger partial charge is 0.507 e. The number of aliphatic hydroxyl groups excluding tert-OH is 1. The molecule has 7 nitrogen and oxygen atoms in total. The number of nitrogens with zero attached hydrogens (tertiary/aromatic N) is 2. The molecule has 0 aromatic heterocycles. The van der Waals surface area contributed by atoms with E-state index in [2.05, 4.69) is 39.5 Å². The Morgan fingerprint density at radius 3 is 2.31 bits per heavy atom. The summed E-state index contributed by atoms with van der Waals surface area (Å²) in [6.07, 6.45) is 0. The third-order valence-electron chi connectivity index (χ3n) is 6.83. The van der Waals surface area contributed by atoms with E-state index in [1.165, 1.54) is 0 Å². The number of fused-ring (bicyclic) bond motifs is 1. The van der Waals surface area contributed by atoms with E-state index < -0.39 is 17.7 Å². The highest BCUT2D eigenvalue weighted by atomic mass is 16.7. The standard InChI is InChI=1S/C28H34N2O5/c1-6-29(7-2)14-15-30-24(18-8-11-20(12-9-18)28(3,4)5)23(26(32)27(30)33)25(31)19-10-13-21-22(16-19)35-17-34-21/h8-13,16,24,31H,6-7,14-15,17H2,1-5H3/b25-23-. The Bertz CT molecular complexity index is 1140. The Kier molecular flexibility index (Phi) is 6.90. The molecule has 0 saturated carbocycles. The van der Waals surface area contributed by atoms with E-state index in [4.69, 9.17) is 9.47 Å². The normalized spacial score (nSPS) is 19.1. The summed E-state index contributed by atoms with van der Waals surface area (Å²) >= 11 is 0. The maximum absolute atomic E-state index is 13.3. The van der Waals surface area contributed by atoms with Crippen molar-refractivity contribution in [2.45, 2.75) is 46.1 Å². The molecule has 7 heteroatoms. The van der Waals surface area contributed by atoms with Gasteiger partial charge in [-0.1, -0.05) is 58.9 Å². The molecule has 1 fully saturated rings. The molecule has 1 amide bonds. The second-order valence-corrected chi connectivity index (χ2v) is 9.96. The molecule has 0 bridgehead atoms. The third kappa shape index (κ3) is 4.78. The summed E-state index contributed by atoms with van der Waals surface area (Å²) in [4.78, 5) is 30.3. The Morgan fingerprint density at radius 2 is 1.69 bits per heavy atom. The number of aliphatic hydroxyl groups is 1. The molecular formula is C28H34N2O5. The summed E-state index contributed by atoms with van der Waals surface area (Å²) in [6, 6.07) is 12.3. The predicted octanol–water partition coefficient (Wildman–Crippen LogP) is 4.48. The van der Waals surface area contributed by atoms with Crippen molar-refractivity contribution in [3.05, 3.63) is 64.7 Å². The van der Waals surface area contributed by atoms with Crippen LogP contribution >= 0.6 is 0 Å². The fraction of sp³-hybridized carbons (Fsp3) is 0.429. The quantitative estimate of drug-likeness (QED) is 0.359. The fourth-order valence-corrected chi connectivity index (χ4v) is 4.61. The molecule has 35 heavy (non-hydrogen) atoms. The summed E-state index contributed by atoms with van der Waals surface area (Å²) in [7, 11) is 0. The number of hydrogen-bond acceptors (Lipinski definition) is 6. The first-order chi connectivity index (χ1) is 16.7. The second-order valence-electron chi connectivity index (χ2n) is 9.96. The van der Waals surface area contributed by atoms with Crippen LogP contribution in [0, 0.1) is 0 Å². The van der Waals surface area contributed by atoms with E-state index >= 15 is 0 Å². The van der Waals surface area contributed by atoms with Gasteiger partial charge in [-0.05, 0) is 47.8 Å². The topological polar surface area (TPSA) is 79.3 Å². The highest BCUT2D eigenvalue weighted by molar-refractivity contribution is 6.46. The fourth-order valence-electron chi connectivity index (χ4n) is 4.61. The van der Waals surface area contributed by atoms with Crippen molar-refractivity contribution in [2.24, 2.45) is 0 Å². The van der Waals surface area contributed by atoms with E-state index in [0.29, 0.717) is 30.2 Å². The predicted molar refractivity (Wildman–Crippen MR) is 135 cm³/mol. The molecule has 2 aliphatic rings. The van der Waals surface area contributed by atoms with Gasteiger partial charge >= 0.3 is 0 Å². The molecule has 2 aromatic carbocycles. The Balaban J connectivity index is 1.79. The summed E-state index contributed by atoms with van der Waals surface area (Å²) in [5, 5.41) is 11.3. The first kappa shape index (κ1) is 24.8. The highest BCUT2D eigenvalue weighted by Gasteiger charge is 2.46. The first-order valence-corrected chi connectivity index (χ1v) is 12.2. The van der Waals surface area contributed by atoms with Crippen LogP contribution in [0.2, 0.25) is 0 Å². The number of carbonyl (C=O) groups is 2. The molecule has 0 aliphatic carbocycles. The number of hydrogen-bond donors (Lipinski definition) is 1. The molecule has 4 rings (SSSR count). The Morgan fingerprint density at radius 1 is 1.03 bits per heavy atom. The van der Waals surface area contributed by atoms with Gasteiger partial charge in [-0.15, -0.1) is 0 Å². The maximum atomic E-state index is 13.3. The van der Waals surface area contributed by atoms with Crippen LogP contribution in [0.4, 0.5) is 0 Å². The van der Waals surface area contributed by atoms with Crippen LogP contribution in [0.3, 0.4) is 0 Å². The van der Waals surface area contributed by atoms with Crippen LogP contribution in [0.5, 0.6) is 11.5 Å². The Labute approximate surface area is 206 Å². The van der Waals surface area contributed by atoms with Gasteiger partial charge in [-0.2, -0.15) is 0 Å². The molecular weight excluding hydrogens is 444 g/mol. The van der Waals surface area contributed by atoms with E-state index in [-0.39, 0.29) is 23.5 Å². The lowest BCUT2D eigenvalue weighted by Gasteiger charge is -2.28. The number of likely N-dealkylation sites (tertiary alicyclic amines) is 1. The number of ether oxygens (including phenoxy) is 2. The average Bonchev–Trinajstić information content (AvgIpc) is 3.41. The lowest BCUT2D eigenvalue weighted by atomic mass is 9.85. The molecule has 2 aromatic rings. The van der Waals surface area contributed by atoms with Crippen molar-refractivity contribution in [2.75, 3.05) is 33.0 Å². The minimum Gasteiger partial charge on any atom is -0.507 e.